The maximum atomic E-state index is 12.0. The Morgan fingerprint density at radius 2 is 2.35 bits per heavy atom. The Morgan fingerprint density at radius 3 is 3.00 bits per heavy atom. The summed E-state index contributed by atoms with van der Waals surface area (Å²) in [5.74, 6) is 0.524. The van der Waals surface area contributed by atoms with Gasteiger partial charge in [-0.1, -0.05) is 17.7 Å². The number of rotatable bonds is 5. The van der Waals surface area contributed by atoms with E-state index < -0.39 is 0 Å². The third kappa shape index (κ3) is 3.41. The van der Waals surface area contributed by atoms with Gasteiger partial charge >= 0.3 is 0 Å². The molecule has 1 unspecified atom stereocenters. The van der Waals surface area contributed by atoms with E-state index in [0.29, 0.717) is 18.2 Å². The maximum absolute atomic E-state index is 12.0. The molecule has 1 aromatic rings. The molecule has 1 aliphatic heterocycles. The van der Waals surface area contributed by atoms with E-state index >= 15 is 0 Å². The zero-order valence-electron chi connectivity index (χ0n) is 11.6. The second-order valence-electron chi connectivity index (χ2n) is 5.03. The number of nitrogens with one attached hydrogen (secondary N) is 1. The molecule has 110 valence electrons. The lowest BCUT2D eigenvalue weighted by Crippen LogP contribution is -2.32. The average Bonchev–Trinajstić information content (AvgIpc) is 2.48. The van der Waals surface area contributed by atoms with Crippen LogP contribution in [0.4, 0.5) is 5.69 Å². The second-order valence-corrected chi connectivity index (χ2v) is 5.41. The fourth-order valence-corrected chi connectivity index (χ4v) is 2.60. The smallest absolute Gasteiger partial charge is 0.287 e. The van der Waals surface area contributed by atoms with E-state index in [4.69, 9.17) is 16.3 Å². The van der Waals surface area contributed by atoms with E-state index in [1.165, 1.54) is 4.68 Å². The third-order valence-corrected chi connectivity index (χ3v) is 4.01. The molecule has 2 heterocycles. The molecule has 1 fully saturated rings. The lowest BCUT2D eigenvalue weighted by molar-refractivity contribution is 0.0622. The number of anilines is 1. The van der Waals surface area contributed by atoms with Crippen LogP contribution in [0.1, 0.15) is 19.8 Å². The number of allylic oxidation sites excluding steroid dienone is 1. The fourth-order valence-electron chi connectivity index (χ4n) is 2.40. The lowest BCUT2D eigenvalue weighted by atomic mass is 9.93. The van der Waals surface area contributed by atoms with Crippen LogP contribution < -0.4 is 10.9 Å². The summed E-state index contributed by atoms with van der Waals surface area (Å²) in [5.41, 5.74) is 0.298. The van der Waals surface area contributed by atoms with Crippen LogP contribution >= 0.6 is 11.6 Å². The van der Waals surface area contributed by atoms with Gasteiger partial charge in [-0.2, -0.15) is 5.10 Å². The summed E-state index contributed by atoms with van der Waals surface area (Å²) < 4.78 is 6.65. The Morgan fingerprint density at radius 1 is 1.65 bits per heavy atom. The van der Waals surface area contributed by atoms with Gasteiger partial charge in [-0.05, 0) is 25.7 Å². The van der Waals surface area contributed by atoms with Gasteiger partial charge in [0.05, 0.1) is 18.4 Å². The minimum atomic E-state index is -0.296. The van der Waals surface area contributed by atoms with E-state index in [2.05, 4.69) is 23.9 Å². The molecule has 2 rings (SSSR count). The van der Waals surface area contributed by atoms with Crippen LogP contribution in [-0.4, -0.2) is 29.0 Å². The molecule has 1 atom stereocenters. The normalized spacial score (nSPS) is 17.7. The van der Waals surface area contributed by atoms with Crippen molar-refractivity contribution in [1.29, 1.82) is 0 Å². The largest absolute Gasteiger partial charge is 0.381 e. The van der Waals surface area contributed by atoms with E-state index in [1.807, 2.05) is 0 Å². The first-order valence-corrected chi connectivity index (χ1v) is 7.22. The molecule has 1 aliphatic rings. The van der Waals surface area contributed by atoms with Crippen LogP contribution in [0.2, 0.25) is 5.02 Å². The van der Waals surface area contributed by atoms with Crippen LogP contribution in [-0.2, 0) is 11.3 Å². The lowest BCUT2D eigenvalue weighted by Gasteiger charge is -2.29. The van der Waals surface area contributed by atoms with Crippen molar-refractivity contribution in [2.45, 2.75) is 32.4 Å². The van der Waals surface area contributed by atoms with Crippen LogP contribution in [0.5, 0.6) is 0 Å². The van der Waals surface area contributed by atoms with Crippen LogP contribution in [0.3, 0.4) is 0 Å². The van der Waals surface area contributed by atoms with Crippen molar-refractivity contribution >= 4 is 17.3 Å². The number of aromatic nitrogens is 2. The highest BCUT2D eigenvalue weighted by atomic mass is 35.5. The molecule has 0 bridgehead atoms. The summed E-state index contributed by atoms with van der Waals surface area (Å²) in [4.78, 5) is 12.0. The van der Waals surface area contributed by atoms with Gasteiger partial charge in [0.15, 0.2) is 0 Å². The van der Waals surface area contributed by atoms with Gasteiger partial charge < -0.3 is 10.1 Å². The minimum absolute atomic E-state index is 0.181. The Kier molecular flexibility index (Phi) is 5.20. The van der Waals surface area contributed by atoms with Crippen LogP contribution in [0.25, 0.3) is 0 Å². The first-order valence-electron chi connectivity index (χ1n) is 6.84. The van der Waals surface area contributed by atoms with Crippen molar-refractivity contribution < 1.29 is 4.74 Å². The maximum Gasteiger partial charge on any atom is 0.287 e. The molecule has 0 spiro atoms. The zero-order valence-corrected chi connectivity index (χ0v) is 12.4. The summed E-state index contributed by atoms with van der Waals surface area (Å²) in [6.07, 6.45) is 5.25. The third-order valence-electron chi connectivity index (χ3n) is 3.64. The van der Waals surface area contributed by atoms with Crippen molar-refractivity contribution in [3.63, 3.8) is 0 Å². The van der Waals surface area contributed by atoms with Gasteiger partial charge in [-0.15, -0.1) is 6.58 Å². The van der Waals surface area contributed by atoms with Crippen molar-refractivity contribution in [3.05, 3.63) is 34.2 Å². The Hall–Kier alpha value is -1.33. The quantitative estimate of drug-likeness (QED) is 0.847. The molecule has 20 heavy (non-hydrogen) atoms. The topological polar surface area (TPSA) is 56.1 Å². The molecular formula is C14H20ClN3O2. The molecule has 0 amide bonds. The first-order chi connectivity index (χ1) is 9.63. The van der Waals surface area contributed by atoms with Crippen molar-refractivity contribution in [3.8, 4) is 0 Å². The molecule has 1 N–H and O–H groups in total. The van der Waals surface area contributed by atoms with E-state index in [1.54, 1.807) is 12.3 Å². The Labute approximate surface area is 123 Å². The van der Waals surface area contributed by atoms with Gasteiger partial charge in [0.1, 0.15) is 5.02 Å². The first kappa shape index (κ1) is 15.1. The van der Waals surface area contributed by atoms with E-state index in [9.17, 15) is 4.79 Å². The SMILES string of the molecule is C=CCn1ncc(NC(C)C2CCOCC2)c(Cl)c1=O. The molecule has 0 aromatic carbocycles. The molecule has 0 radical (unpaired) electrons. The number of hydrogen-bond donors (Lipinski definition) is 1. The van der Waals surface area contributed by atoms with E-state index in [0.717, 1.165) is 26.1 Å². The van der Waals surface area contributed by atoms with Gasteiger partial charge in [-0.3, -0.25) is 4.79 Å². The van der Waals surface area contributed by atoms with E-state index in [-0.39, 0.29) is 16.6 Å². The van der Waals surface area contributed by atoms with Crippen LogP contribution in [0.15, 0.2) is 23.6 Å². The Bertz CT molecular complexity index is 524. The van der Waals surface area contributed by atoms with Gasteiger partial charge in [0.2, 0.25) is 0 Å². The van der Waals surface area contributed by atoms with Crippen LogP contribution in [0, 0.1) is 5.92 Å². The number of nitrogens with zero attached hydrogens (tertiary/aromatic N) is 2. The van der Waals surface area contributed by atoms with Gasteiger partial charge in [-0.25, -0.2) is 4.68 Å². The molecule has 0 saturated carbocycles. The fraction of sp³-hybridized carbons (Fsp3) is 0.571. The highest BCUT2D eigenvalue weighted by molar-refractivity contribution is 6.32. The second kappa shape index (κ2) is 6.90. The predicted molar refractivity (Wildman–Crippen MR) is 80.3 cm³/mol. The summed E-state index contributed by atoms with van der Waals surface area (Å²) in [6.45, 7) is 7.63. The van der Waals surface area contributed by atoms with Crippen molar-refractivity contribution in [2.24, 2.45) is 5.92 Å². The summed E-state index contributed by atoms with van der Waals surface area (Å²) in [7, 11) is 0. The monoisotopic (exact) mass is 297 g/mol. The predicted octanol–water partition coefficient (Wildman–Crippen LogP) is 2.31. The standard InChI is InChI=1S/C14H20ClN3O2/c1-3-6-18-14(19)13(15)12(9-16-18)17-10(2)11-4-7-20-8-5-11/h3,9-11,17H,1,4-8H2,2H3. The van der Waals surface area contributed by atoms with Crippen molar-refractivity contribution in [1.82, 2.24) is 9.78 Å². The minimum Gasteiger partial charge on any atom is -0.381 e. The summed E-state index contributed by atoms with van der Waals surface area (Å²) in [6, 6.07) is 0.229. The summed E-state index contributed by atoms with van der Waals surface area (Å²) >= 11 is 6.12. The number of hydrogen-bond acceptors (Lipinski definition) is 4. The molecular weight excluding hydrogens is 278 g/mol. The average molecular weight is 298 g/mol. The molecule has 6 heteroatoms. The summed E-state index contributed by atoms with van der Waals surface area (Å²) in [5, 5.41) is 7.57. The number of halogens is 1. The number of ether oxygens (including phenoxy) is 1. The zero-order chi connectivity index (χ0) is 14.5. The highest BCUT2D eigenvalue weighted by Crippen LogP contribution is 2.23. The van der Waals surface area contributed by atoms with Gasteiger partial charge in [0.25, 0.3) is 5.56 Å². The molecule has 1 aromatic heterocycles. The highest BCUT2D eigenvalue weighted by Gasteiger charge is 2.21. The molecule has 1 saturated heterocycles. The molecule has 0 aliphatic carbocycles. The Balaban J connectivity index is 2.11. The van der Waals surface area contributed by atoms with Crippen molar-refractivity contribution in [2.75, 3.05) is 18.5 Å². The van der Waals surface area contributed by atoms with Gasteiger partial charge in [0, 0.05) is 19.3 Å². The molecule has 5 nitrogen and oxygen atoms in total.